The maximum atomic E-state index is 12.2. The van der Waals surface area contributed by atoms with Crippen LogP contribution in [0, 0.1) is 0 Å². The third kappa shape index (κ3) is 3.33. The molecule has 1 amide bonds. The first kappa shape index (κ1) is 15.2. The van der Waals surface area contributed by atoms with Gasteiger partial charge < -0.3 is 10.1 Å². The Labute approximate surface area is 117 Å². The molecule has 0 aliphatic heterocycles. The quantitative estimate of drug-likeness (QED) is 0.898. The second kappa shape index (κ2) is 6.34. The van der Waals surface area contributed by atoms with Crippen LogP contribution in [0.5, 0.6) is 0 Å². The highest BCUT2D eigenvalue weighted by atomic mass is 79.9. The summed E-state index contributed by atoms with van der Waals surface area (Å²) in [5, 5.41) is 2.95. The van der Waals surface area contributed by atoms with Crippen molar-refractivity contribution >= 4 is 27.5 Å². The largest absolute Gasteiger partial charge is 0.369 e. The lowest BCUT2D eigenvalue weighted by Gasteiger charge is -2.25. The summed E-state index contributed by atoms with van der Waals surface area (Å²) in [5.41, 5.74) is 1.17. The van der Waals surface area contributed by atoms with Gasteiger partial charge in [-0.15, -0.1) is 0 Å². The molecule has 0 aliphatic rings. The van der Waals surface area contributed by atoms with Crippen molar-refractivity contribution in [1.82, 2.24) is 0 Å². The molecule has 3 nitrogen and oxygen atoms in total. The number of carbonyl (C=O) groups excluding carboxylic acids is 1. The lowest BCUT2D eigenvalue weighted by molar-refractivity contribution is -0.136. The van der Waals surface area contributed by atoms with E-state index in [1.54, 1.807) is 14.0 Å². The molecule has 1 rings (SSSR count). The highest BCUT2D eigenvalue weighted by molar-refractivity contribution is 9.10. The van der Waals surface area contributed by atoms with E-state index in [0.717, 1.165) is 22.1 Å². The van der Waals surface area contributed by atoms with E-state index in [0.29, 0.717) is 6.42 Å². The number of methoxy groups -OCH3 is 1. The number of ether oxygens (including phenoxy) is 1. The molecule has 0 aliphatic carbocycles. The number of amides is 1. The minimum atomic E-state index is -0.780. The second-order valence-corrected chi connectivity index (χ2v) is 5.31. The van der Waals surface area contributed by atoms with E-state index < -0.39 is 5.60 Å². The molecule has 0 spiro atoms. The van der Waals surface area contributed by atoms with Gasteiger partial charge in [0.15, 0.2) is 0 Å². The molecule has 1 unspecified atom stereocenters. The summed E-state index contributed by atoms with van der Waals surface area (Å²) in [6.07, 6.45) is 1.50. The lowest BCUT2D eigenvalue weighted by Crippen LogP contribution is -2.41. The fraction of sp³-hybridized carbons (Fsp3) is 0.500. The van der Waals surface area contributed by atoms with Crippen molar-refractivity contribution in [2.45, 2.75) is 39.2 Å². The molecule has 18 heavy (non-hydrogen) atoms. The Bertz CT molecular complexity index is 428. The SMILES string of the molecule is CCc1cc(Br)ccc1NC(=O)C(C)(CC)OC. The van der Waals surface area contributed by atoms with Gasteiger partial charge in [0, 0.05) is 17.3 Å². The number of aryl methyl sites for hydroxylation is 1. The fourth-order valence-corrected chi connectivity index (χ4v) is 2.04. The molecule has 0 bridgehead atoms. The van der Waals surface area contributed by atoms with Crippen LogP contribution in [-0.4, -0.2) is 18.6 Å². The van der Waals surface area contributed by atoms with Gasteiger partial charge in [-0.3, -0.25) is 4.79 Å². The van der Waals surface area contributed by atoms with Crippen molar-refractivity contribution in [1.29, 1.82) is 0 Å². The van der Waals surface area contributed by atoms with Crippen molar-refractivity contribution in [2.24, 2.45) is 0 Å². The number of hydrogen-bond acceptors (Lipinski definition) is 2. The third-order valence-corrected chi connectivity index (χ3v) is 3.80. The minimum absolute atomic E-state index is 0.107. The van der Waals surface area contributed by atoms with E-state index in [1.807, 2.05) is 25.1 Å². The summed E-state index contributed by atoms with van der Waals surface area (Å²) in [6, 6.07) is 5.85. The van der Waals surface area contributed by atoms with Gasteiger partial charge in [-0.1, -0.05) is 29.8 Å². The number of carbonyl (C=O) groups is 1. The normalized spacial score (nSPS) is 14.1. The minimum Gasteiger partial charge on any atom is -0.369 e. The molecule has 1 atom stereocenters. The highest BCUT2D eigenvalue weighted by Crippen LogP contribution is 2.24. The number of hydrogen-bond donors (Lipinski definition) is 1. The van der Waals surface area contributed by atoms with E-state index in [2.05, 4.69) is 28.2 Å². The van der Waals surface area contributed by atoms with Crippen LogP contribution in [0.15, 0.2) is 22.7 Å². The van der Waals surface area contributed by atoms with Gasteiger partial charge in [-0.2, -0.15) is 0 Å². The Balaban J connectivity index is 2.94. The van der Waals surface area contributed by atoms with Crippen LogP contribution >= 0.6 is 15.9 Å². The Kier molecular flexibility index (Phi) is 5.35. The molecular formula is C14H20BrNO2. The van der Waals surface area contributed by atoms with Crippen LogP contribution < -0.4 is 5.32 Å². The average Bonchev–Trinajstić information content (AvgIpc) is 2.39. The molecular weight excluding hydrogens is 294 g/mol. The maximum Gasteiger partial charge on any atom is 0.256 e. The lowest BCUT2D eigenvalue weighted by atomic mass is 10.0. The van der Waals surface area contributed by atoms with E-state index >= 15 is 0 Å². The van der Waals surface area contributed by atoms with Crippen molar-refractivity contribution in [2.75, 3.05) is 12.4 Å². The van der Waals surface area contributed by atoms with Gasteiger partial charge in [0.05, 0.1) is 0 Å². The van der Waals surface area contributed by atoms with Crippen LogP contribution in [0.2, 0.25) is 0 Å². The Morgan fingerprint density at radius 3 is 2.61 bits per heavy atom. The summed E-state index contributed by atoms with van der Waals surface area (Å²) < 4.78 is 6.31. The van der Waals surface area contributed by atoms with Crippen LogP contribution in [0.3, 0.4) is 0 Å². The van der Waals surface area contributed by atoms with E-state index in [4.69, 9.17) is 4.74 Å². The summed E-state index contributed by atoms with van der Waals surface area (Å²) in [6.45, 7) is 5.80. The number of nitrogens with one attached hydrogen (secondary N) is 1. The first-order valence-corrected chi connectivity index (χ1v) is 6.91. The molecule has 0 radical (unpaired) electrons. The summed E-state index contributed by atoms with van der Waals surface area (Å²) >= 11 is 3.43. The number of halogens is 1. The third-order valence-electron chi connectivity index (χ3n) is 3.30. The highest BCUT2D eigenvalue weighted by Gasteiger charge is 2.31. The van der Waals surface area contributed by atoms with Crippen LogP contribution in [0.4, 0.5) is 5.69 Å². The van der Waals surface area contributed by atoms with Crippen LogP contribution in [0.25, 0.3) is 0 Å². The van der Waals surface area contributed by atoms with E-state index in [9.17, 15) is 4.79 Å². The zero-order chi connectivity index (χ0) is 13.8. The summed E-state index contributed by atoms with van der Waals surface area (Å²) in [5.74, 6) is -0.107. The fourth-order valence-electron chi connectivity index (χ4n) is 1.63. The molecule has 0 fully saturated rings. The molecule has 4 heteroatoms. The molecule has 0 aromatic heterocycles. The number of anilines is 1. The van der Waals surface area contributed by atoms with Gasteiger partial charge in [0.1, 0.15) is 5.60 Å². The standard InChI is InChI=1S/C14H20BrNO2/c1-5-10-9-11(15)7-8-12(10)16-13(17)14(3,6-2)18-4/h7-9H,5-6H2,1-4H3,(H,16,17). The van der Waals surface area contributed by atoms with Gasteiger partial charge in [0.25, 0.3) is 5.91 Å². The first-order valence-electron chi connectivity index (χ1n) is 6.11. The number of rotatable bonds is 5. The zero-order valence-electron chi connectivity index (χ0n) is 11.3. The topological polar surface area (TPSA) is 38.3 Å². The smallest absolute Gasteiger partial charge is 0.256 e. The average molecular weight is 314 g/mol. The molecule has 1 aromatic carbocycles. The zero-order valence-corrected chi connectivity index (χ0v) is 12.9. The maximum absolute atomic E-state index is 12.2. The first-order chi connectivity index (χ1) is 8.46. The van der Waals surface area contributed by atoms with Crippen molar-refractivity contribution < 1.29 is 9.53 Å². The van der Waals surface area contributed by atoms with Gasteiger partial charge in [0.2, 0.25) is 0 Å². The Morgan fingerprint density at radius 1 is 1.44 bits per heavy atom. The second-order valence-electron chi connectivity index (χ2n) is 4.40. The van der Waals surface area contributed by atoms with Crippen molar-refractivity contribution in [3.63, 3.8) is 0 Å². The summed E-state index contributed by atoms with van der Waals surface area (Å²) in [4.78, 5) is 12.2. The van der Waals surface area contributed by atoms with Crippen LogP contribution in [0.1, 0.15) is 32.8 Å². The summed E-state index contributed by atoms with van der Waals surface area (Å²) in [7, 11) is 1.56. The predicted molar refractivity (Wildman–Crippen MR) is 77.9 cm³/mol. The van der Waals surface area contributed by atoms with Gasteiger partial charge in [-0.05, 0) is 43.5 Å². The molecule has 0 heterocycles. The Hall–Kier alpha value is -0.870. The predicted octanol–water partition coefficient (Wildman–Crippen LogP) is 3.77. The molecule has 1 N–H and O–H groups in total. The van der Waals surface area contributed by atoms with Gasteiger partial charge in [-0.25, -0.2) is 0 Å². The molecule has 0 saturated carbocycles. The molecule has 0 saturated heterocycles. The van der Waals surface area contributed by atoms with Crippen molar-refractivity contribution in [3.8, 4) is 0 Å². The molecule has 100 valence electrons. The number of benzene rings is 1. The monoisotopic (exact) mass is 313 g/mol. The van der Waals surface area contributed by atoms with Gasteiger partial charge >= 0.3 is 0 Å². The Morgan fingerprint density at radius 2 is 2.11 bits per heavy atom. The molecule has 1 aromatic rings. The van der Waals surface area contributed by atoms with Crippen LogP contribution in [-0.2, 0) is 16.0 Å². The van der Waals surface area contributed by atoms with E-state index in [1.165, 1.54) is 0 Å². The van der Waals surface area contributed by atoms with E-state index in [-0.39, 0.29) is 5.91 Å². The van der Waals surface area contributed by atoms with Crippen molar-refractivity contribution in [3.05, 3.63) is 28.2 Å².